The number of benzene rings is 1. The molecule has 84 valence electrons. The summed E-state index contributed by atoms with van der Waals surface area (Å²) in [7, 11) is 0. The zero-order chi connectivity index (χ0) is 11.1. The molecule has 1 heterocycles. The van der Waals surface area contributed by atoms with Gasteiger partial charge in [-0.1, -0.05) is 0 Å². The Morgan fingerprint density at radius 2 is 2.31 bits per heavy atom. The smallest absolute Gasteiger partial charge is 0.139 e. The van der Waals surface area contributed by atoms with E-state index in [4.69, 9.17) is 0 Å². The van der Waals surface area contributed by atoms with Gasteiger partial charge < -0.3 is 10.3 Å². The van der Waals surface area contributed by atoms with E-state index in [1.807, 2.05) is 0 Å². The summed E-state index contributed by atoms with van der Waals surface area (Å²) in [5, 5.41) is 3.36. The number of nitrogens with one attached hydrogen (secondary N) is 2. The molecule has 0 saturated heterocycles. The summed E-state index contributed by atoms with van der Waals surface area (Å²) in [4.78, 5) is 7.51. The molecule has 2 N–H and O–H groups in total. The quantitative estimate of drug-likeness (QED) is 0.909. The van der Waals surface area contributed by atoms with Crippen molar-refractivity contribution < 1.29 is 4.39 Å². The fourth-order valence-corrected chi connectivity index (χ4v) is 2.00. The molecule has 16 heavy (non-hydrogen) atoms. The van der Waals surface area contributed by atoms with Crippen molar-refractivity contribution in [1.29, 1.82) is 0 Å². The van der Waals surface area contributed by atoms with Crippen LogP contribution in [-0.2, 0) is 6.54 Å². The van der Waals surface area contributed by atoms with Crippen molar-refractivity contribution in [3.63, 3.8) is 0 Å². The highest BCUT2D eigenvalue weighted by Crippen LogP contribution is 2.22. The predicted octanol–water partition coefficient (Wildman–Crippen LogP) is 2.72. The molecule has 1 fully saturated rings. The van der Waals surface area contributed by atoms with Gasteiger partial charge in [-0.2, -0.15) is 0 Å². The zero-order valence-electron chi connectivity index (χ0n) is 8.56. The van der Waals surface area contributed by atoms with E-state index in [2.05, 4.69) is 31.2 Å². The molecule has 0 aliphatic heterocycles. The fourth-order valence-electron chi connectivity index (χ4n) is 1.67. The molecule has 1 aromatic carbocycles. The Morgan fingerprint density at radius 3 is 3.06 bits per heavy atom. The Morgan fingerprint density at radius 1 is 1.50 bits per heavy atom. The van der Waals surface area contributed by atoms with E-state index in [9.17, 15) is 4.39 Å². The van der Waals surface area contributed by atoms with Crippen LogP contribution in [0.1, 0.15) is 18.7 Å². The molecule has 0 spiro atoms. The van der Waals surface area contributed by atoms with E-state index in [1.165, 1.54) is 18.9 Å². The number of aromatic amines is 1. The van der Waals surface area contributed by atoms with E-state index in [0.29, 0.717) is 10.5 Å². The molecule has 1 saturated carbocycles. The van der Waals surface area contributed by atoms with Gasteiger partial charge in [0, 0.05) is 12.1 Å². The SMILES string of the molecule is Fc1cc2[nH]c(CNC3CC3)nc2cc1Br. The monoisotopic (exact) mass is 283 g/mol. The summed E-state index contributed by atoms with van der Waals surface area (Å²) in [6.07, 6.45) is 2.50. The summed E-state index contributed by atoms with van der Waals surface area (Å²) in [5.74, 6) is 0.595. The number of rotatable bonds is 3. The van der Waals surface area contributed by atoms with Crippen molar-refractivity contribution in [2.75, 3.05) is 0 Å². The van der Waals surface area contributed by atoms with Gasteiger partial charge in [0.15, 0.2) is 0 Å². The first kappa shape index (κ1) is 10.2. The van der Waals surface area contributed by atoms with Gasteiger partial charge in [-0.15, -0.1) is 0 Å². The molecule has 0 radical (unpaired) electrons. The lowest BCUT2D eigenvalue weighted by molar-refractivity contribution is 0.623. The number of fused-ring (bicyclic) bond motifs is 1. The maximum atomic E-state index is 13.3. The molecule has 1 aromatic heterocycles. The number of aromatic nitrogens is 2. The summed E-state index contributed by atoms with van der Waals surface area (Å²) in [6.45, 7) is 0.721. The Kier molecular flexibility index (Phi) is 2.44. The second-order valence-corrected chi connectivity index (χ2v) is 4.98. The molecule has 5 heteroatoms. The first-order valence-electron chi connectivity index (χ1n) is 5.29. The van der Waals surface area contributed by atoms with Crippen LogP contribution >= 0.6 is 15.9 Å². The Hall–Kier alpha value is -0.940. The molecule has 2 aromatic rings. The van der Waals surface area contributed by atoms with Crippen molar-refractivity contribution in [1.82, 2.24) is 15.3 Å². The molecule has 0 atom stereocenters. The molecule has 0 unspecified atom stereocenters. The van der Waals surface area contributed by atoms with Crippen molar-refractivity contribution in [2.24, 2.45) is 0 Å². The van der Waals surface area contributed by atoms with Crippen LogP contribution in [0.25, 0.3) is 11.0 Å². The molecular weight excluding hydrogens is 273 g/mol. The number of hydrogen-bond donors (Lipinski definition) is 2. The van der Waals surface area contributed by atoms with Gasteiger partial charge in [-0.05, 0) is 34.8 Å². The predicted molar refractivity (Wildman–Crippen MR) is 63.6 cm³/mol. The van der Waals surface area contributed by atoms with E-state index in [1.54, 1.807) is 6.07 Å². The van der Waals surface area contributed by atoms with Crippen LogP contribution < -0.4 is 5.32 Å². The molecule has 3 nitrogen and oxygen atoms in total. The summed E-state index contributed by atoms with van der Waals surface area (Å²) in [5.41, 5.74) is 1.54. The lowest BCUT2D eigenvalue weighted by atomic mass is 10.3. The van der Waals surface area contributed by atoms with Gasteiger partial charge in [0.05, 0.1) is 22.1 Å². The topological polar surface area (TPSA) is 40.7 Å². The van der Waals surface area contributed by atoms with Crippen molar-refractivity contribution in [2.45, 2.75) is 25.4 Å². The third-order valence-corrected chi connectivity index (χ3v) is 3.32. The Labute approximate surface area is 101 Å². The van der Waals surface area contributed by atoms with Crippen LogP contribution in [0, 0.1) is 5.82 Å². The molecule has 1 aliphatic rings. The average molecular weight is 284 g/mol. The van der Waals surface area contributed by atoms with E-state index >= 15 is 0 Å². The van der Waals surface area contributed by atoms with E-state index in [-0.39, 0.29) is 5.82 Å². The van der Waals surface area contributed by atoms with Crippen LogP contribution in [0.3, 0.4) is 0 Å². The lowest BCUT2D eigenvalue weighted by Gasteiger charge is -1.96. The lowest BCUT2D eigenvalue weighted by Crippen LogP contribution is -2.16. The highest BCUT2D eigenvalue weighted by Gasteiger charge is 2.20. The largest absolute Gasteiger partial charge is 0.341 e. The minimum Gasteiger partial charge on any atom is -0.341 e. The van der Waals surface area contributed by atoms with Crippen LogP contribution in [-0.4, -0.2) is 16.0 Å². The maximum Gasteiger partial charge on any atom is 0.139 e. The van der Waals surface area contributed by atoms with Crippen molar-refractivity contribution in [3.8, 4) is 0 Å². The number of nitrogens with zero attached hydrogens (tertiary/aromatic N) is 1. The number of imidazole rings is 1. The number of hydrogen-bond acceptors (Lipinski definition) is 2. The Bertz CT molecular complexity index is 494. The molecule has 1 aliphatic carbocycles. The molecular formula is C11H11BrFN3. The van der Waals surface area contributed by atoms with Crippen LogP contribution in [0.5, 0.6) is 0 Å². The first-order valence-corrected chi connectivity index (χ1v) is 6.09. The van der Waals surface area contributed by atoms with Gasteiger partial charge in [-0.3, -0.25) is 0 Å². The first-order chi connectivity index (χ1) is 7.72. The van der Waals surface area contributed by atoms with E-state index < -0.39 is 0 Å². The summed E-state index contributed by atoms with van der Waals surface area (Å²) < 4.78 is 13.7. The third kappa shape index (κ3) is 1.97. The van der Waals surface area contributed by atoms with Crippen LogP contribution in [0.2, 0.25) is 0 Å². The maximum absolute atomic E-state index is 13.3. The minimum absolute atomic E-state index is 0.266. The Balaban J connectivity index is 1.89. The summed E-state index contributed by atoms with van der Waals surface area (Å²) in [6, 6.07) is 3.81. The second kappa shape index (κ2) is 3.82. The second-order valence-electron chi connectivity index (χ2n) is 4.12. The van der Waals surface area contributed by atoms with Gasteiger partial charge in [0.2, 0.25) is 0 Å². The van der Waals surface area contributed by atoms with Crippen molar-refractivity contribution >= 4 is 27.0 Å². The molecule has 3 rings (SSSR count). The van der Waals surface area contributed by atoms with Gasteiger partial charge in [0.25, 0.3) is 0 Å². The van der Waals surface area contributed by atoms with Gasteiger partial charge >= 0.3 is 0 Å². The van der Waals surface area contributed by atoms with Crippen LogP contribution in [0.15, 0.2) is 16.6 Å². The van der Waals surface area contributed by atoms with E-state index in [0.717, 1.165) is 23.4 Å². The zero-order valence-corrected chi connectivity index (χ0v) is 10.1. The highest BCUT2D eigenvalue weighted by molar-refractivity contribution is 9.10. The third-order valence-electron chi connectivity index (χ3n) is 2.71. The van der Waals surface area contributed by atoms with Gasteiger partial charge in [0.1, 0.15) is 11.6 Å². The normalized spacial score (nSPS) is 15.9. The van der Waals surface area contributed by atoms with Crippen LogP contribution in [0.4, 0.5) is 4.39 Å². The van der Waals surface area contributed by atoms with Gasteiger partial charge in [-0.25, -0.2) is 9.37 Å². The minimum atomic E-state index is -0.266. The number of halogens is 2. The fraction of sp³-hybridized carbons (Fsp3) is 0.364. The molecule has 0 amide bonds. The summed E-state index contributed by atoms with van der Waals surface area (Å²) >= 11 is 3.15. The standard InChI is InChI=1S/C11H11BrFN3/c12-7-3-9-10(4-8(7)13)16-11(15-9)5-14-6-1-2-6/h3-4,6,14H,1-2,5H2,(H,15,16). The average Bonchev–Trinajstić information content (AvgIpc) is 2.99. The van der Waals surface area contributed by atoms with Crippen molar-refractivity contribution in [3.05, 3.63) is 28.2 Å². The highest BCUT2D eigenvalue weighted by atomic mass is 79.9. The molecule has 0 bridgehead atoms. The number of H-pyrrole nitrogens is 1.